The van der Waals surface area contributed by atoms with E-state index in [1.807, 2.05) is 13.8 Å². The molecule has 0 spiro atoms. The third-order valence-electron chi connectivity index (χ3n) is 2.60. The summed E-state index contributed by atoms with van der Waals surface area (Å²) >= 11 is 0. The van der Waals surface area contributed by atoms with Gasteiger partial charge in [0.2, 0.25) is 0 Å². The lowest BCUT2D eigenvalue weighted by molar-refractivity contribution is -0.143. The molecule has 0 aliphatic carbocycles. The number of aliphatic carboxylic acids is 1. The molecule has 19 heavy (non-hydrogen) atoms. The minimum absolute atomic E-state index is 0.391. The SMILES string of the molecule is CC1(C)COCCN1C(=O)NC(=O)COCC(=O)O. The van der Waals surface area contributed by atoms with Crippen LogP contribution in [0, 0.1) is 0 Å². The lowest BCUT2D eigenvalue weighted by Gasteiger charge is -2.41. The highest BCUT2D eigenvalue weighted by atomic mass is 16.5. The van der Waals surface area contributed by atoms with Crippen molar-refractivity contribution in [1.29, 1.82) is 0 Å². The molecule has 0 saturated carbocycles. The smallest absolute Gasteiger partial charge is 0.329 e. The van der Waals surface area contributed by atoms with Crippen LogP contribution in [0.2, 0.25) is 0 Å². The zero-order chi connectivity index (χ0) is 14.5. The van der Waals surface area contributed by atoms with Crippen molar-refractivity contribution in [2.45, 2.75) is 19.4 Å². The van der Waals surface area contributed by atoms with E-state index in [0.29, 0.717) is 19.8 Å². The van der Waals surface area contributed by atoms with Crippen molar-refractivity contribution in [3.05, 3.63) is 0 Å². The molecule has 1 aliphatic heterocycles. The fourth-order valence-corrected chi connectivity index (χ4v) is 1.69. The van der Waals surface area contributed by atoms with Crippen molar-refractivity contribution in [2.24, 2.45) is 0 Å². The van der Waals surface area contributed by atoms with Gasteiger partial charge >= 0.3 is 12.0 Å². The van der Waals surface area contributed by atoms with Crippen molar-refractivity contribution in [3.8, 4) is 0 Å². The Hall–Kier alpha value is -1.67. The van der Waals surface area contributed by atoms with Crippen LogP contribution in [0.1, 0.15) is 13.8 Å². The first-order valence-electron chi connectivity index (χ1n) is 5.81. The summed E-state index contributed by atoms with van der Waals surface area (Å²) in [6.45, 7) is 3.81. The highest BCUT2D eigenvalue weighted by molar-refractivity contribution is 5.95. The first-order valence-corrected chi connectivity index (χ1v) is 5.81. The van der Waals surface area contributed by atoms with Crippen LogP contribution in [0.4, 0.5) is 4.79 Å². The van der Waals surface area contributed by atoms with E-state index in [1.165, 1.54) is 4.90 Å². The van der Waals surface area contributed by atoms with Crippen LogP contribution in [0.25, 0.3) is 0 Å². The third kappa shape index (κ3) is 4.84. The molecule has 2 N–H and O–H groups in total. The summed E-state index contributed by atoms with van der Waals surface area (Å²) in [7, 11) is 0. The molecule has 0 aromatic heterocycles. The minimum Gasteiger partial charge on any atom is -0.480 e. The van der Waals surface area contributed by atoms with E-state index < -0.39 is 36.7 Å². The Balaban J connectivity index is 2.41. The number of hydrogen-bond donors (Lipinski definition) is 2. The predicted octanol–water partition coefficient (Wildman–Crippen LogP) is -0.565. The van der Waals surface area contributed by atoms with Gasteiger partial charge in [0.25, 0.3) is 5.91 Å². The number of morpholine rings is 1. The average molecular weight is 274 g/mol. The second-order valence-corrected chi connectivity index (χ2v) is 4.76. The van der Waals surface area contributed by atoms with E-state index in [0.717, 1.165) is 0 Å². The molecule has 1 heterocycles. The number of carbonyl (C=O) groups is 3. The van der Waals surface area contributed by atoms with Crippen molar-refractivity contribution < 1.29 is 29.0 Å². The lowest BCUT2D eigenvalue weighted by Crippen LogP contribution is -2.59. The van der Waals surface area contributed by atoms with Crippen molar-refractivity contribution in [1.82, 2.24) is 10.2 Å². The number of ether oxygens (including phenoxy) is 2. The van der Waals surface area contributed by atoms with Crippen molar-refractivity contribution in [3.63, 3.8) is 0 Å². The number of urea groups is 1. The summed E-state index contributed by atoms with van der Waals surface area (Å²) in [5, 5.41) is 10.5. The van der Waals surface area contributed by atoms with Gasteiger partial charge in [0.1, 0.15) is 13.2 Å². The molecule has 0 bridgehead atoms. The Morgan fingerprint density at radius 1 is 1.37 bits per heavy atom. The standard InChI is InChI=1S/C11H18N2O6/c1-11(2)7-18-4-3-13(11)10(17)12-8(14)5-19-6-9(15)16/h3-7H2,1-2H3,(H,15,16)(H,12,14,17). The molecule has 8 nitrogen and oxygen atoms in total. The highest BCUT2D eigenvalue weighted by Crippen LogP contribution is 2.18. The molecule has 0 aromatic carbocycles. The molecule has 0 radical (unpaired) electrons. The van der Waals surface area contributed by atoms with Gasteiger partial charge in [-0.1, -0.05) is 0 Å². The predicted molar refractivity (Wildman–Crippen MR) is 63.6 cm³/mol. The third-order valence-corrected chi connectivity index (χ3v) is 2.60. The van der Waals surface area contributed by atoms with Crippen LogP contribution in [0.5, 0.6) is 0 Å². The fourth-order valence-electron chi connectivity index (χ4n) is 1.69. The van der Waals surface area contributed by atoms with Gasteiger partial charge in [-0.15, -0.1) is 0 Å². The molecule has 1 fully saturated rings. The number of carboxylic acids is 1. The summed E-state index contributed by atoms with van der Waals surface area (Å²) < 4.78 is 9.85. The first-order chi connectivity index (χ1) is 8.83. The van der Waals surface area contributed by atoms with Gasteiger partial charge in [-0.25, -0.2) is 9.59 Å². The number of imide groups is 1. The van der Waals surface area contributed by atoms with Gasteiger partial charge in [0.15, 0.2) is 0 Å². The average Bonchev–Trinajstić information content (AvgIpc) is 2.27. The van der Waals surface area contributed by atoms with E-state index in [4.69, 9.17) is 9.84 Å². The van der Waals surface area contributed by atoms with Gasteiger partial charge in [0, 0.05) is 6.54 Å². The summed E-state index contributed by atoms with van der Waals surface area (Å²) in [4.78, 5) is 35.0. The number of nitrogens with one attached hydrogen (secondary N) is 1. The number of nitrogens with zero attached hydrogens (tertiary/aromatic N) is 1. The van der Waals surface area contributed by atoms with Crippen LogP contribution in [-0.4, -0.2) is 66.4 Å². The second-order valence-electron chi connectivity index (χ2n) is 4.76. The highest BCUT2D eigenvalue weighted by Gasteiger charge is 2.34. The van der Waals surface area contributed by atoms with Crippen LogP contribution in [0.3, 0.4) is 0 Å². The maximum absolute atomic E-state index is 11.9. The molecule has 3 amide bonds. The second kappa shape index (κ2) is 6.48. The topological polar surface area (TPSA) is 105 Å². The van der Waals surface area contributed by atoms with Gasteiger partial charge in [-0.2, -0.15) is 0 Å². The summed E-state index contributed by atoms with van der Waals surface area (Å²) in [6.07, 6.45) is 0. The zero-order valence-electron chi connectivity index (χ0n) is 11.0. The number of carboxylic acid groups (broad SMARTS) is 1. The quantitative estimate of drug-likeness (QED) is 0.711. The maximum Gasteiger partial charge on any atom is 0.329 e. The molecule has 0 aromatic rings. The molecule has 1 aliphatic rings. The lowest BCUT2D eigenvalue weighted by atomic mass is 10.0. The Bertz CT molecular complexity index is 368. The van der Waals surface area contributed by atoms with Crippen molar-refractivity contribution in [2.75, 3.05) is 33.0 Å². The van der Waals surface area contributed by atoms with E-state index in [-0.39, 0.29) is 0 Å². The molecular formula is C11H18N2O6. The van der Waals surface area contributed by atoms with Crippen LogP contribution in [0.15, 0.2) is 0 Å². The summed E-state index contributed by atoms with van der Waals surface area (Å²) in [6, 6.07) is -0.530. The summed E-state index contributed by atoms with van der Waals surface area (Å²) in [5.41, 5.74) is -0.496. The molecule has 1 saturated heterocycles. The number of rotatable bonds is 4. The maximum atomic E-state index is 11.9. The van der Waals surface area contributed by atoms with Gasteiger partial charge in [0.05, 0.1) is 18.8 Å². The van der Waals surface area contributed by atoms with Crippen molar-refractivity contribution >= 4 is 17.9 Å². The molecular weight excluding hydrogens is 256 g/mol. The molecule has 1 rings (SSSR count). The Labute approximate surface area is 110 Å². The Morgan fingerprint density at radius 2 is 2.05 bits per heavy atom. The number of carbonyl (C=O) groups excluding carboxylic acids is 2. The fraction of sp³-hybridized carbons (Fsp3) is 0.727. The molecule has 0 atom stereocenters. The van der Waals surface area contributed by atoms with Gasteiger partial charge < -0.3 is 19.5 Å². The Morgan fingerprint density at radius 3 is 2.63 bits per heavy atom. The van der Waals surface area contributed by atoms with E-state index in [9.17, 15) is 14.4 Å². The number of amides is 3. The minimum atomic E-state index is -1.17. The Kier molecular flexibility index (Phi) is 5.25. The first kappa shape index (κ1) is 15.4. The van der Waals surface area contributed by atoms with E-state index in [2.05, 4.69) is 10.1 Å². The van der Waals surface area contributed by atoms with Gasteiger partial charge in [-0.3, -0.25) is 10.1 Å². The van der Waals surface area contributed by atoms with Crippen LogP contribution in [-0.2, 0) is 19.1 Å². The summed E-state index contributed by atoms with van der Waals surface area (Å²) in [5.74, 6) is -1.85. The van der Waals surface area contributed by atoms with E-state index in [1.54, 1.807) is 0 Å². The number of hydrogen-bond acceptors (Lipinski definition) is 5. The monoisotopic (exact) mass is 274 g/mol. The zero-order valence-corrected chi connectivity index (χ0v) is 11.0. The molecule has 108 valence electrons. The normalized spacial score (nSPS) is 17.9. The largest absolute Gasteiger partial charge is 0.480 e. The van der Waals surface area contributed by atoms with Crippen LogP contribution < -0.4 is 5.32 Å². The van der Waals surface area contributed by atoms with Gasteiger partial charge in [-0.05, 0) is 13.8 Å². The molecule has 8 heteroatoms. The van der Waals surface area contributed by atoms with E-state index >= 15 is 0 Å². The molecule has 0 unspecified atom stereocenters. The van der Waals surface area contributed by atoms with Crippen LogP contribution >= 0.6 is 0 Å².